The maximum Gasteiger partial charge on any atom is 0.254 e. The van der Waals surface area contributed by atoms with Gasteiger partial charge in [-0.05, 0) is 18.4 Å². The van der Waals surface area contributed by atoms with Gasteiger partial charge in [-0.25, -0.2) is 5.48 Å². The fraction of sp³-hybridized carbons (Fsp3) is 0.533. The molecule has 1 N–H and O–H groups in total. The van der Waals surface area contributed by atoms with Crippen molar-refractivity contribution in [2.75, 3.05) is 20.3 Å². The van der Waals surface area contributed by atoms with Crippen LogP contribution in [0, 0.1) is 0 Å². The van der Waals surface area contributed by atoms with E-state index in [2.05, 4.69) is 5.48 Å². The number of carbonyl (C=O) groups excluding carboxylic acids is 1. The van der Waals surface area contributed by atoms with Crippen molar-refractivity contribution in [2.24, 2.45) is 0 Å². The summed E-state index contributed by atoms with van der Waals surface area (Å²) >= 11 is 0. The molecule has 0 aliphatic heterocycles. The zero-order valence-electron chi connectivity index (χ0n) is 11.4. The van der Waals surface area contributed by atoms with Crippen molar-refractivity contribution in [3.8, 4) is 0 Å². The summed E-state index contributed by atoms with van der Waals surface area (Å²) in [6.07, 6.45) is 3.94. The largest absolute Gasteiger partial charge is 0.382 e. The number of amides is 1. The molecule has 1 aliphatic carbocycles. The first kappa shape index (κ1) is 14.0. The average molecular weight is 263 g/mol. The first-order valence-corrected chi connectivity index (χ1v) is 6.76. The van der Waals surface area contributed by atoms with Crippen LogP contribution in [0.25, 0.3) is 0 Å². The molecule has 0 heterocycles. The maximum atomic E-state index is 12.5. The SMILES string of the molecule is COCCONC(=O)C1(c2ccccc2)CCCC1. The van der Waals surface area contributed by atoms with Crippen molar-refractivity contribution in [1.29, 1.82) is 0 Å². The van der Waals surface area contributed by atoms with E-state index in [0.717, 1.165) is 31.2 Å². The van der Waals surface area contributed by atoms with Crippen molar-refractivity contribution >= 4 is 5.91 Å². The highest BCUT2D eigenvalue weighted by Crippen LogP contribution is 2.41. The lowest BCUT2D eigenvalue weighted by Gasteiger charge is -2.27. The predicted octanol–water partition coefficient (Wildman–Crippen LogP) is 2.19. The molecule has 0 saturated heterocycles. The summed E-state index contributed by atoms with van der Waals surface area (Å²) < 4.78 is 4.88. The van der Waals surface area contributed by atoms with Crippen LogP contribution in [0.2, 0.25) is 0 Å². The summed E-state index contributed by atoms with van der Waals surface area (Å²) in [4.78, 5) is 17.6. The van der Waals surface area contributed by atoms with Gasteiger partial charge in [-0.3, -0.25) is 9.63 Å². The van der Waals surface area contributed by atoms with Crippen LogP contribution in [0.5, 0.6) is 0 Å². The molecule has 0 unspecified atom stereocenters. The Morgan fingerprint density at radius 1 is 1.21 bits per heavy atom. The van der Waals surface area contributed by atoms with Crippen LogP contribution in [0.1, 0.15) is 31.2 Å². The molecule has 4 heteroatoms. The molecule has 0 atom stereocenters. The van der Waals surface area contributed by atoms with Gasteiger partial charge in [-0.2, -0.15) is 0 Å². The van der Waals surface area contributed by atoms with Crippen LogP contribution < -0.4 is 5.48 Å². The molecule has 0 bridgehead atoms. The summed E-state index contributed by atoms with van der Waals surface area (Å²) in [5, 5.41) is 0. The van der Waals surface area contributed by atoms with Gasteiger partial charge in [0.15, 0.2) is 0 Å². The van der Waals surface area contributed by atoms with Crippen LogP contribution in [0.4, 0.5) is 0 Å². The lowest BCUT2D eigenvalue weighted by atomic mass is 9.78. The van der Waals surface area contributed by atoms with Gasteiger partial charge in [0.2, 0.25) is 0 Å². The highest BCUT2D eigenvalue weighted by atomic mass is 16.7. The van der Waals surface area contributed by atoms with Crippen molar-refractivity contribution in [3.05, 3.63) is 35.9 Å². The van der Waals surface area contributed by atoms with E-state index < -0.39 is 5.41 Å². The Bertz CT molecular complexity index is 399. The minimum Gasteiger partial charge on any atom is -0.382 e. The molecule has 0 radical (unpaired) electrons. The van der Waals surface area contributed by atoms with Crippen molar-refractivity contribution in [3.63, 3.8) is 0 Å². The van der Waals surface area contributed by atoms with Crippen molar-refractivity contribution in [2.45, 2.75) is 31.1 Å². The second kappa shape index (κ2) is 6.68. The molecule has 1 fully saturated rings. The zero-order chi connectivity index (χ0) is 13.6. The fourth-order valence-corrected chi connectivity index (χ4v) is 2.72. The standard InChI is InChI=1S/C15H21NO3/c1-18-11-12-19-16-14(17)15(9-5-6-10-15)13-7-3-2-4-8-13/h2-4,7-8H,5-6,9-12H2,1H3,(H,16,17). The molecule has 0 spiro atoms. The van der Waals surface area contributed by atoms with Crippen molar-refractivity contribution < 1.29 is 14.4 Å². The predicted molar refractivity (Wildman–Crippen MR) is 72.6 cm³/mol. The molecule has 0 aromatic heterocycles. The molecule has 1 aliphatic rings. The lowest BCUT2D eigenvalue weighted by molar-refractivity contribution is -0.140. The number of nitrogens with one attached hydrogen (secondary N) is 1. The van der Waals surface area contributed by atoms with Gasteiger partial charge in [-0.1, -0.05) is 43.2 Å². The van der Waals surface area contributed by atoms with Gasteiger partial charge in [0.25, 0.3) is 5.91 Å². The summed E-state index contributed by atoms with van der Waals surface area (Å²) in [5.74, 6) is -0.0349. The average Bonchev–Trinajstić information content (AvgIpc) is 2.95. The number of hydroxylamine groups is 1. The number of methoxy groups -OCH3 is 1. The fourth-order valence-electron chi connectivity index (χ4n) is 2.72. The van der Waals surface area contributed by atoms with Gasteiger partial charge in [0.1, 0.15) is 0 Å². The van der Waals surface area contributed by atoms with E-state index in [1.165, 1.54) is 0 Å². The second-order valence-electron chi connectivity index (χ2n) is 4.93. The first-order chi connectivity index (χ1) is 9.29. The second-order valence-corrected chi connectivity index (χ2v) is 4.93. The van der Waals surface area contributed by atoms with E-state index in [-0.39, 0.29) is 5.91 Å². The van der Waals surface area contributed by atoms with Gasteiger partial charge in [0, 0.05) is 7.11 Å². The smallest absolute Gasteiger partial charge is 0.254 e. The molecular weight excluding hydrogens is 242 g/mol. The summed E-state index contributed by atoms with van der Waals surface area (Å²) in [6.45, 7) is 0.839. The number of rotatable bonds is 6. The third-order valence-electron chi connectivity index (χ3n) is 3.77. The quantitative estimate of drug-likeness (QED) is 0.632. The molecule has 104 valence electrons. The summed E-state index contributed by atoms with van der Waals surface area (Å²) in [5.41, 5.74) is 3.24. The molecule has 4 nitrogen and oxygen atoms in total. The highest BCUT2D eigenvalue weighted by Gasteiger charge is 2.42. The monoisotopic (exact) mass is 263 g/mol. The number of hydrogen-bond acceptors (Lipinski definition) is 3. The summed E-state index contributed by atoms with van der Waals surface area (Å²) in [7, 11) is 1.60. The van der Waals surface area contributed by atoms with Crippen LogP contribution in [-0.2, 0) is 19.8 Å². The van der Waals surface area contributed by atoms with Gasteiger partial charge < -0.3 is 4.74 Å². The van der Waals surface area contributed by atoms with Gasteiger partial charge >= 0.3 is 0 Å². The minimum atomic E-state index is -0.422. The zero-order valence-corrected chi connectivity index (χ0v) is 11.4. The molecule has 1 aromatic rings. The number of hydrogen-bond donors (Lipinski definition) is 1. The third-order valence-corrected chi connectivity index (χ3v) is 3.77. The Hall–Kier alpha value is -1.39. The van der Waals surface area contributed by atoms with E-state index in [1.807, 2.05) is 30.3 Å². The molecule has 1 amide bonds. The normalized spacial score (nSPS) is 17.3. The van der Waals surface area contributed by atoms with E-state index >= 15 is 0 Å². The van der Waals surface area contributed by atoms with Gasteiger partial charge in [0.05, 0.1) is 18.6 Å². The Balaban J connectivity index is 2.05. The van der Waals surface area contributed by atoms with Crippen LogP contribution >= 0.6 is 0 Å². The van der Waals surface area contributed by atoms with Crippen LogP contribution in [0.3, 0.4) is 0 Å². The number of ether oxygens (including phenoxy) is 1. The Kier molecular flexibility index (Phi) is 4.93. The Morgan fingerprint density at radius 2 is 1.89 bits per heavy atom. The Morgan fingerprint density at radius 3 is 2.53 bits per heavy atom. The number of benzene rings is 1. The van der Waals surface area contributed by atoms with Crippen molar-refractivity contribution in [1.82, 2.24) is 5.48 Å². The number of carbonyl (C=O) groups is 1. The maximum absolute atomic E-state index is 12.5. The van der Waals surface area contributed by atoms with E-state index in [0.29, 0.717) is 13.2 Å². The van der Waals surface area contributed by atoms with E-state index in [1.54, 1.807) is 7.11 Å². The molecule has 2 rings (SSSR count). The minimum absolute atomic E-state index is 0.0349. The van der Waals surface area contributed by atoms with Crippen LogP contribution in [0.15, 0.2) is 30.3 Å². The van der Waals surface area contributed by atoms with E-state index in [4.69, 9.17) is 9.57 Å². The molecule has 19 heavy (non-hydrogen) atoms. The van der Waals surface area contributed by atoms with E-state index in [9.17, 15) is 4.79 Å². The third kappa shape index (κ3) is 3.14. The topological polar surface area (TPSA) is 47.6 Å². The summed E-state index contributed by atoms with van der Waals surface area (Å²) in [6, 6.07) is 9.99. The Labute approximate surface area is 114 Å². The first-order valence-electron chi connectivity index (χ1n) is 6.76. The lowest BCUT2D eigenvalue weighted by Crippen LogP contribution is -2.42. The molecular formula is C15H21NO3. The molecule has 1 aromatic carbocycles. The highest BCUT2D eigenvalue weighted by molar-refractivity contribution is 5.87. The van der Waals surface area contributed by atoms with Crippen LogP contribution in [-0.4, -0.2) is 26.2 Å². The molecule has 1 saturated carbocycles. The van der Waals surface area contributed by atoms with Gasteiger partial charge in [-0.15, -0.1) is 0 Å².